The first-order chi connectivity index (χ1) is 13.3. The maximum Gasteiger partial charge on any atom is 0.339 e. The highest BCUT2D eigenvalue weighted by Gasteiger charge is 2.32. The van der Waals surface area contributed by atoms with E-state index in [1.807, 2.05) is 0 Å². The number of amides is 2. The van der Waals surface area contributed by atoms with Crippen molar-refractivity contribution in [3.8, 4) is 5.75 Å². The van der Waals surface area contributed by atoms with Crippen LogP contribution in [0.5, 0.6) is 5.75 Å². The normalized spacial score (nSPS) is 15.3. The number of aromatic carboxylic acids is 1. The standard InChI is InChI=1S/C18H14N2O6S2/c21-13-4-3-10(8-12(13)17(24)25)19-15(22)5-6-20-16(23)14(28-18(20)27)9-11-2-1-7-26-11/h1-4,7-9,21H,5-6H2,(H,19,22)(H,24,25)/b14-9+. The maximum absolute atomic E-state index is 12.5. The summed E-state index contributed by atoms with van der Waals surface area (Å²) in [5.74, 6) is -1.91. The van der Waals surface area contributed by atoms with Crippen LogP contribution in [-0.4, -0.2) is 43.8 Å². The van der Waals surface area contributed by atoms with Crippen molar-refractivity contribution in [2.45, 2.75) is 6.42 Å². The Balaban J connectivity index is 1.60. The van der Waals surface area contributed by atoms with E-state index in [1.54, 1.807) is 18.2 Å². The number of anilines is 1. The Labute approximate surface area is 168 Å². The SMILES string of the molecule is O=C(CCN1C(=O)/C(=C\c2ccco2)SC1=S)Nc1ccc(O)c(C(=O)O)c1. The van der Waals surface area contributed by atoms with Crippen molar-refractivity contribution in [1.29, 1.82) is 0 Å². The van der Waals surface area contributed by atoms with Crippen molar-refractivity contribution in [1.82, 2.24) is 4.90 Å². The fourth-order valence-corrected chi connectivity index (χ4v) is 3.71. The number of thiocarbonyl (C=S) groups is 1. The van der Waals surface area contributed by atoms with E-state index in [9.17, 15) is 19.5 Å². The smallest absolute Gasteiger partial charge is 0.339 e. The number of hydrogen-bond donors (Lipinski definition) is 3. The molecule has 1 fully saturated rings. The molecular formula is C18H14N2O6S2. The van der Waals surface area contributed by atoms with E-state index in [4.69, 9.17) is 21.7 Å². The van der Waals surface area contributed by atoms with Crippen molar-refractivity contribution < 1.29 is 29.0 Å². The van der Waals surface area contributed by atoms with Gasteiger partial charge >= 0.3 is 5.97 Å². The minimum Gasteiger partial charge on any atom is -0.507 e. The summed E-state index contributed by atoms with van der Waals surface area (Å²) in [6, 6.07) is 7.13. The van der Waals surface area contributed by atoms with Crippen LogP contribution >= 0.6 is 24.0 Å². The third kappa shape index (κ3) is 4.41. The molecule has 0 spiro atoms. The van der Waals surface area contributed by atoms with Gasteiger partial charge in [0.1, 0.15) is 21.4 Å². The number of nitrogens with zero attached hydrogens (tertiary/aromatic N) is 1. The van der Waals surface area contributed by atoms with Crippen LogP contribution in [0.1, 0.15) is 22.5 Å². The van der Waals surface area contributed by atoms with E-state index in [0.29, 0.717) is 15.0 Å². The first-order valence-corrected chi connectivity index (χ1v) is 9.22. The minimum atomic E-state index is -1.31. The molecular weight excluding hydrogens is 404 g/mol. The van der Waals surface area contributed by atoms with Crippen LogP contribution < -0.4 is 5.32 Å². The molecule has 1 aromatic carbocycles. The van der Waals surface area contributed by atoms with E-state index in [-0.39, 0.29) is 30.1 Å². The molecule has 8 nitrogen and oxygen atoms in total. The average molecular weight is 418 g/mol. The van der Waals surface area contributed by atoms with Crippen LogP contribution in [0, 0.1) is 0 Å². The lowest BCUT2D eigenvalue weighted by Crippen LogP contribution is -2.31. The van der Waals surface area contributed by atoms with Crippen molar-refractivity contribution in [2.75, 3.05) is 11.9 Å². The summed E-state index contributed by atoms with van der Waals surface area (Å²) in [5, 5.41) is 21.0. The molecule has 10 heteroatoms. The van der Waals surface area contributed by atoms with Gasteiger partial charge in [0.05, 0.1) is 11.2 Å². The molecule has 0 bridgehead atoms. The summed E-state index contributed by atoms with van der Waals surface area (Å²) >= 11 is 6.33. The molecule has 2 aromatic rings. The monoisotopic (exact) mass is 418 g/mol. The number of carbonyl (C=O) groups is 3. The summed E-state index contributed by atoms with van der Waals surface area (Å²) in [7, 11) is 0. The molecule has 1 saturated heterocycles. The fourth-order valence-electron chi connectivity index (χ4n) is 2.42. The molecule has 144 valence electrons. The third-order valence-corrected chi connectivity index (χ3v) is 5.14. The highest BCUT2D eigenvalue weighted by atomic mass is 32.2. The molecule has 0 aliphatic carbocycles. The second-order valence-corrected chi connectivity index (χ2v) is 7.36. The molecule has 1 aromatic heterocycles. The van der Waals surface area contributed by atoms with Gasteiger partial charge in [0.25, 0.3) is 5.91 Å². The number of furan rings is 1. The molecule has 2 amide bonds. The first kappa shape index (κ1) is 19.6. The van der Waals surface area contributed by atoms with Crippen molar-refractivity contribution in [3.63, 3.8) is 0 Å². The van der Waals surface area contributed by atoms with Crippen molar-refractivity contribution in [3.05, 3.63) is 52.8 Å². The second kappa shape index (κ2) is 8.28. The quantitative estimate of drug-likeness (QED) is 0.372. The first-order valence-electron chi connectivity index (χ1n) is 8.00. The number of rotatable bonds is 6. The number of phenols is 1. The van der Waals surface area contributed by atoms with Gasteiger partial charge in [0, 0.05) is 24.7 Å². The number of benzene rings is 1. The summed E-state index contributed by atoms with van der Waals surface area (Å²) in [6.07, 6.45) is 3.04. The average Bonchev–Trinajstić information content (AvgIpc) is 3.24. The molecule has 1 aliphatic rings. The number of carboxylic acid groups (broad SMARTS) is 1. The number of carboxylic acids is 1. The molecule has 28 heavy (non-hydrogen) atoms. The lowest BCUT2D eigenvalue weighted by atomic mass is 10.1. The van der Waals surface area contributed by atoms with Gasteiger partial charge in [0.15, 0.2) is 0 Å². The minimum absolute atomic E-state index is 0.0379. The van der Waals surface area contributed by atoms with Crippen molar-refractivity contribution in [2.24, 2.45) is 0 Å². The Morgan fingerprint density at radius 1 is 1.32 bits per heavy atom. The van der Waals surface area contributed by atoms with Crippen LogP contribution in [0.25, 0.3) is 6.08 Å². The van der Waals surface area contributed by atoms with Crippen LogP contribution in [0.3, 0.4) is 0 Å². The molecule has 3 N–H and O–H groups in total. The van der Waals surface area contributed by atoms with Gasteiger partial charge in [-0.3, -0.25) is 14.5 Å². The van der Waals surface area contributed by atoms with Gasteiger partial charge in [-0.25, -0.2) is 4.79 Å². The number of hydrogen-bond acceptors (Lipinski definition) is 7. The fraction of sp³-hybridized carbons (Fsp3) is 0.111. The van der Waals surface area contributed by atoms with Gasteiger partial charge < -0.3 is 19.9 Å². The summed E-state index contributed by atoms with van der Waals surface area (Å²) in [6.45, 7) is 0.0792. The third-order valence-electron chi connectivity index (χ3n) is 3.76. The lowest BCUT2D eigenvalue weighted by molar-refractivity contribution is -0.122. The number of thioether (sulfide) groups is 1. The Bertz CT molecular complexity index is 984. The van der Waals surface area contributed by atoms with Gasteiger partial charge in [0.2, 0.25) is 5.91 Å². The summed E-state index contributed by atoms with van der Waals surface area (Å²) in [5.41, 5.74) is -0.0962. The van der Waals surface area contributed by atoms with E-state index >= 15 is 0 Å². The number of aromatic hydroxyl groups is 1. The molecule has 3 rings (SSSR count). The zero-order valence-electron chi connectivity index (χ0n) is 14.2. The van der Waals surface area contributed by atoms with Crippen LogP contribution in [0.2, 0.25) is 0 Å². The number of nitrogens with one attached hydrogen (secondary N) is 1. The summed E-state index contributed by atoms with van der Waals surface area (Å²) in [4.78, 5) is 37.4. The van der Waals surface area contributed by atoms with E-state index in [0.717, 1.165) is 17.8 Å². The van der Waals surface area contributed by atoms with Crippen LogP contribution in [0.4, 0.5) is 5.69 Å². The second-order valence-electron chi connectivity index (χ2n) is 5.68. The Morgan fingerprint density at radius 2 is 2.11 bits per heavy atom. The summed E-state index contributed by atoms with van der Waals surface area (Å²) < 4.78 is 5.53. The van der Waals surface area contributed by atoms with Crippen molar-refractivity contribution >= 4 is 57.8 Å². The van der Waals surface area contributed by atoms with E-state index in [1.165, 1.54) is 23.3 Å². The number of carbonyl (C=O) groups excluding carboxylic acids is 2. The van der Waals surface area contributed by atoms with Gasteiger partial charge in [-0.05, 0) is 30.3 Å². The zero-order chi connectivity index (χ0) is 20.3. The maximum atomic E-state index is 12.5. The lowest BCUT2D eigenvalue weighted by Gasteiger charge is -2.14. The highest BCUT2D eigenvalue weighted by Crippen LogP contribution is 2.32. The Hall–Kier alpha value is -3.11. The molecule has 0 unspecified atom stereocenters. The van der Waals surface area contributed by atoms with Crippen LogP contribution in [0.15, 0.2) is 45.9 Å². The molecule has 0 radical (unpaired) electrons. The van der Waals surface area contributed by atoms with E-state index in [2.05, 4.69) is 5.32 Å². The molecule has 0 atom stereocenters. The van der Waals surface area contributed by atoms with Gasteiger partial charge in [-0.15, -0.1) is 0 Å². The van der Waals surface area contributed by atoms with E-state index < -0.39 is 17.6 Å². The van der Waals surface area contributed by atoms with Gasteiger partial charge in [-0.2, -0.15) is 0 Å². The molecule has 2 heterocycles. The Morgan fingerprint density at radius 3 is 2.79 bits per heavy atom. The van der Waals surface area contributed by atoms with Gasteiger partial charge in [-0.1, -0.05) is 24.0 Å². The zero-order valence-corrected chi connectivity index (χ0v) is 15.9. The predicted molar refractivity (Wildman–Crippen MR) is 107 cm³/mol. The molecule has 0 saturated carbocycles. The van der Waals surface area contributed by atoms with Crippen LogP contribution in [-0.2, 0) is 9.59 Å². The highest BCUT2D eigenvalue weighted by molar-refractivity contribution is 8.26. The largest absolute Gasteiger partial charge is 0.507 e. The topological polar surface area (TPSA) is 120 Å². The Kier molecular flexibility index (Phi) is 5.81. The molecule has 1 aliphatic heterocycles. The predicted octanol–water partition coefficient (Wildman–Crippen LogP) is 2.91.